The van der Waals surface area contributed by atoms with Crippen LogP contribution in [0.1, 0.15) is 50.2 Å². The van der Waals surface area contributed by atoms with Crippen LogP contribution in [0.2, 0.25) is 0 Å². The monoisotopic (exact) mass is 255 g/mol. The summed E-state index contributed by atoms with van der Waals surface area (Å²) in [4.78, 5) is 4.32. The zero-order chi connectivity index (χ0) is 13.1. The van der Waals surface area contributed by atoms with Crippen molar-refractivity contribution < 1.29 is 5.11 Å². The molecule has 0 saturated heterocycles. The average Bonchev–Trinajstić information content (AvgIpc) is 2.48. The van der Waals surface area contributed by atoms with E-state index in [9.17, 15) is 5.11 Å². The van der Waals surface area contributed by atoms with Crippen LogP contribution in [0.3, 0.4) is 0 Å². The first-order chi connectivity index (χ1) is 9.33. The van der Waals surface area contributed by atoms with Gasteiger partial charge in [0.25, 0.3) is 0 Å². The van der Waals surface area contributed by atoms with Gasteiger partial charge >= 0.3 is 0 Å². The molecule has 1 saturated carbocycles. The topological polar surface area (TPSA) is 33.1 Å². The van der Waals surface area contributed by atoms with Crippen molar-refractivity contribution in [2.45, 2.75) is 44.6 Å². The van der Waals surface area contributed by atoms with Gasteiger partial charge < -0.3 is 5.11 Å². The van der Waals surface area contributed by atoms with E-state index in [1.165, 1.54) is 32.1 Å². The summed E-state index contributed by atoms with van der Waals surface area (Å²) in [5.41, 5.74) is 2.03. The van der Waals surface area contributed by atoms with E-state index in [1.54, 1.807) is 6.20 Å². The summed E-state index contributed by atoms with van der Waals surface area (Å²) in [6, 6.07) is 10.1. The maximum absolute atomic E-state index is 10.4. The minimum Gasteiger partial charge on any atom is -0.388 e. The van der Waals surface area contributed by atoms with Gasteiger partial charge in [0.05, 0.1) is 11.6 Å². The number of benzene rings is 1. The second-order valence-corrected chi connectivity index (χ2v) is 5.71. The second-order valence-electron chi connectivity index (χ2n) is 5.71. The molecule has 1 atom stereocenters. The lowest BCUT2D eigenvalue weighted by Gasteiger charge is -2.24. The van der Waals surface area contributed by atoms with E-state index in [0.29, 0.717) is 5.92 Å². The predicted molar refractivity (Wildman–Crippen MR) is 77.9 cm³/mol. The molecule has 3 rings (SSSR count). The molecule has 1 unspecified atom stereocenters. The Morgan fingerprint density at radius 1 is 1.16 bits per heavy atom. The number of hydrogen-bond donors (Lipinski definition) is 1. The van der Waals surface area contributed by atoms with Crippen molar-refractivity contribution in [3.63, 3.8) is 0 Å². The Bertz CT molecular complexity index is 546. The number of rotatable bonds is 3. The van der Waals surface area contributed by atoms with Gasteiger partial charge in [-0.1, -0.05) is 44.2 Å². The molecule has 1 aromatic carbocycles. The van der Waals surface area contributed by atoms with Crippen LogP contribution in [0.15, 0.2) is 36.5 Å². The highest BCUT2D eigenvalue weighted by Gasteiger charge is 2.18. The van der Waals surface area contributed by atoms with E-state index < -0.39 is 0 Å². The lowest BCUT2D eigenvalue weighted by Crippen LogP contribution is -2.11. The average molecular weight is 255 g/mol. The van der Waals surface area contributed by atoms with Crippen molar-refractivity contribution in [1.29, 1.82) is 0 Å². The highest BCUT2D eigenvalue weighted by molar-refractivity contribution is 5.78. The Morgan fingerprint density at radius 2 is 2.00 bits per heavy atom. The number of aliphatic hydroxyl groups excluding tert-OH is 1. The lowest BCUT2D eigenvalue weighted by atomic mass is 9.84. The number of aliphatic hydroxyl groups is 1. The highest BCUT2D eigenvalue weighted by atomic mass is 16.3. The van der Waals surface area contributed by atoms with E-state index in [4.69, 9.17) is 0 Å². The van der Waals surface area contributed by atoms with Gasteiger partial charge in [0.1, 0.15) is 0 Å². The van der Waals surface area contributed by atoms with Crippen LogP contribution >= 0.6 is 0 Å². The summed E-state index contributed by atoms with van der Waals surface area (Å²) in [5.74, 6) is 0.702. The quantitative estimate of drug-likeness (QED) is 0.890. The Hall–Kier alpha value is -1.41. The van der Waals surface area contributed by atoms with Crippen molar-refractivity contribution in [2.75, 3.05) is 0 Å². The van der Waals surface area contributed by atoms with Crippen molar-refractivity contribution >= 4 is 10.9 Å². The van der Waals surface area contributed by atoms with Gasteiger partial charge in [-0.15, -0.1) is 0 Å². The van der Waals surface area contributed by atoms with E-state index in [-0.39, 0.29) is 6.10 Å². The smallest absolute Gasteiger partial charge is 0.0792 e. The molecule has 1 aliphatic carbocycles. The molecule has 19 heavy (non-hydrogen) atoms. The van der Waals surface area contributed by atoms with E-state index in [0.717, 1.165) is 22.9 Å². The van der Waals surface area contributed by atoms with Crippen molar-refractivity contribution in [3.05, 3.63) is 42.1 Å². The molecule has 2 aromatic rings. The molecule has 1 N–H and O–H groups in total. The molecule has 100 valence electrons. The van der Waals surface area contributed by atoms with Gasteiger partial charge in [-0.3, -0.25) is 4.98 Å². The first-order valence-corrected chi connectivity index (χ1v) is 7.36. The molecular weight excluding hydrogens is 234 g/mol. The normalized spacial score (nSPS) is 18.6. The summed E-state index contributed by atoms with van der Waals surface area (Å²) in [5, 5.41) is 11.5. The fourth-order valence-corrected chi connectivity index (χ4v) is 3.18. The van der Waals surface area contributed by atoms with Gasteiger partial charge in [0.15, 0.2) is 0 Å². The van der Waals surface area contributed by atoms with E-state index in [2.05, 4.69) is 17.1 Å². The molecule has 0 bridgehead atoms. The highest BCUT2D eigenvalue weighted by Crippen LogP contribution is 2.32. The summed E-state index contributed by atoms with van der Waals surface area (Å²) in [6.07, 6.45) is 8.99. The number of aromatic nitrogens is 1. The van der Waals surface area contributed by atoms with Gasteiger partial charge in [-0.2, -0.15) is 0 Å². The predicted octanol–water partition coefficient (Wildman–Crippen LogP) is 4.24. The summed E-state index contributed by atoms with van der Waals surface area (Å²) >= 11 is 0. The van der Waals surface area contributed by atoms with Crippen LogP contribution in [0.4, 0.5) is 0 Å². The maximum Gasteiger partial charge on any atom is 0.0792 e. The molecule has 0 aliphatic heterocycles. The van der Waals surface area contributed by atoms with Crippen LogP contribution in [0, 0.1) is 5.92 Å². The minimum absolute atomic E-state index is 0.326. The first-order valence-electron chi connectivity index (χ1n) is 7.36. The minimum atomic E-state index is -0.326. The van der Waals surface area contributed by atoms with E-state index >= 15 is 0 Å². The fourth-order valence-electron chi connectivity index (χ4n) is 3.18. The van der Waals surface area contributed by atoms with E-state index in [1.807, 2.05) is 18.2 Å². The summed E-state index contributed by atoms with van der Waals surface area (Å²) in [6.45, 7) is 0. The lowest BCUT2D eigenvalue weighted by molar-refractivity contribution is 0.131. The molecule has 1 aliphatic rings. The molecule has 1 heterocycles. The number of pyridine rings is 1. The molecular formula is C17H21NO. The van der Waals surface area contributed by atoms with Gasteiger partial charge in [-0.25, -0.2) is 0 Å². The van der Waals surface area contributed by atoms with Crippen LogP contribution in [-0.2, 0) is 0 Å². The summed E-state index contributed by atoms with van der Waals surface area (Å²) in [7, 11) is 0. The van der Waals surface area contributed by atoms with Crippen molar-refractivity contribution in [3.8, 4) is 0 Å². The molecule has 2 nitrogen and oxygen atoms in total. The third-order valence-corrected chi connectivity index (χ3v) is 4.29. The standard InChI is InChI=1S/C17H21NO/c19-17(11-13-5-2-1-3-6-13)15-8-9-16-14(12-15)7-4-10-18-16/h4,7-10,12-13,17,19H,1-3,5-6,11H2. The third kappa shape index (κ3) is 2.95. The van der Waals surface area contributed by atoms with Crippen LogP contribution < -0.4 is 0 Å². The Balaban J connectivity index is 1.75. The molecule has 0 spiro atoms. The number of hydrogen-bond acceptors (Lipinski definition) is 2. The van der Waals surface area contributed by atoms with Gasteiger partial charge in [-0.05, 0) is 36.1 Å². The first kappa shape index (κ1) is 12.6. The summed E-state index contributed by atoms with van der Waals surface area (Å²) < 4.78 is 0. The van der Waals surface area contributed by atoms with Crippen LogP contribution in [0.5, 0.6) is 0 Å². The number of nitrogens with zero attached hydrogens (tertiary/aromatic N) is 1. The Labute approximate surface area is 114 Å². The van der Waals surface area contributed by atoms with Crippen LogP contribution in [0.25, 0.3) is 10.9 Å². The van der Waals surface area contributed by atoms with Crippen molar-refractivity contribution in [1.82, 2.24) is 4.98 Å². The molecule has 2 heteroatoms. The zero-order valence-corrected chi connectivity index (χ0v) is 11.3. The van der Waals surface area contributed by atoms with Gasteiger partial charge in [0, 0.05) is 11.6 Å². The Morgan fingerprint density at radius 3 is 2.84 bits per heavy atom. The number of fused-ring (bicyclic) bond motifs is 1. The molecule has 1 aromatic heterocycles. The SMILES string of the molecule is OC(CC1CCCCC1)c1ccc2ncccc2c1. The Kier molecular flexibility index (Phi) is 3.79. The third-order valence-electron chi connectivity index (χ3n) is 4.29. The largest absolute Gasteiger partial charge is 0.388 e. The fraction of sp³-hybridized carbons (Fsp3) is 0.471. The van der Waals surface area contributed by atoms with Gasteiger partial charge in [0.2, 0.25) is 0 Å². The molecule has 0 radical (unpaired) electrons. The molecule has 0 amide bonds. The second kappa shape index (κ2) is 5.70. The molecule has 1 fully saturated rings. The van der Waals surface area contributed by atoms with Crippen molar-refractivity contribution in [2.24, 2.45) is 5.92 Å². The maximum atomic E-state index is 10.4. The zero-order valence-electron chi connectivity index (χ0n) is 11.3. The van der Waals surface area contributed by atoms with Crippen LogP contribution in [-0.4, -0.2) is 10.1 Å².